The maximum atomic E-state index is 6.39. The van der Waals surface area contributed by atoms with Crippen LogP contribution in [-0.2, 0) is 11.3 Å². The number of allylic oxidation sites excluding steroid dienone is 3. The Balaban J connectivity index is 1.11. The molecule has 4 aliphatic carbocycles. The Bertz CT molecular complexity index is 1340. The number of rotatable bonds is 4. The number of ether oxygens (including phenoxy) is 1. The summed E-state index contributed by atoms with van der Waals surface area (Å²) in [5.41, 5.74) is 7.31. The van der Waals surface area contributed by atoms with Crippen molar-refractivity contribution in [2.45, 2.75) is 71.5 Å². The first-order valence-corrected chi connectivity index (χ1v) is 13.9. The van der Waals surface area contributed by atoms with Crippen LogP contribution < -0.4 is 0 Å². The lowest BCUT2D eigenvalue weighted by atomic mass is 9.47. The molecule has 6 unspecified atom stereocenters. The van der Waals surface area contributed by atoms with Crippen LogP contribution in [0.5, 0.6) is 0 Å². The number of nitrogens with zero attached hydrogens (tertiary/aromatic N) is 3. The molecule has 0 saturated heterocycles. The van der Waals surface area contributed by atoms with Gasteiger partial charge in [0, 0.05) is 23.5 Å². The Labute approximate surface area is 214 Å². The van der Waals surface area contributed by atoms with Crippen molar-refractivity contribution in [3.05, 3.63) is 78.4 Å². The summed E-state index contributed by atoms with van der Waals surface area (Å²) in [4.78, 5) is 8.85. The van der Waals surface area contributed by atoms with Crippen LogP contribution in [0.2, 0.25) is 0 Å². The van der Waals surface area contributed by atoms with Crippen molar-refractivity contribution in [1.82, 2.24) is 14.5 Å². The third kappa shape index (κ3) is 3.37. The summed E-state index contributed by atoms with van der Waals surface area (Å²) in [7, 11) is 0. The molecule has 0 N–H and O–H groups in total. The second-order valence-corrected chi connectivity index (χ2v) is 12.2. The zero-order valence-electron chi connectivity index (χ0n) is 21.6. The molecular formula is C32H37N3O. The number of pyridine rings is 1. The van der Waals surface area contributed by atoms with E-state index in [9.17, 15) is 0 Å². The highest BCUT2D eigenvalue weighted by molar-refractivity contribution is 5.80. The van der Waals surface area contributed by atoms with Crippen molar-refractivity contribution in [2.75, 3.05) is 0 Å². The van der Waals surface area contributed by atoms with Crippen molar-refractivity contribution in [3.63, 3.8) is 0 Å². The van der Waals surface area contributed by atoms with Crippen molar-refractivity contribution >= 4 is 16.7 Å². The van der Waals surface area contributed by atoms with Crippen LogP contribution in [0.25, 0.3) is 16.7 Å². The summed E-state index contributed by atoms with van der Waals surface area (Å²) in [5.74, 6) is 2.29. The molecule has 186 valence electrons. The normalized spacial score (nSPS) is 35.5. The average Bonchev–Trinajstić information content (AvgIpc) is 3.48. The van der Waals surface area contributed by atoms with Crippen LogP contribution in [0.4, 0.5) is 0 Å². The minimum Gasteiger partial charge on any atom is -0.373 e. The number of fused-ring (bicyclic) bond motifs is 6. The Morgan fingerprint density at radius 1 is 0.944 bits per heavy atom. The van der Waals surface area contributed by atoms with Gasteiger partial charge in [-0.05, 0) is 97.9 Å². The average molecular weight is 480 g/mol. The van der Waals surface area contributed by atoms with Crippen LogP contribution >= 0.6 is 0 Å². The SMILES string of the molecule is CC12CCC(OCc3ccncc3)CC1=CCC1C2CCC2(C)C(n3cnc4ccccc43)=CCC12. The first-order chi connectivity index (χ1) is 17.6. The molecule has 0 amide bonds. The van der Waals surface area contributed by atoms with Gasteiger partial charge in [0.05, 0.1) is 23.7 Å². The van der Waals surface area contributed by atoms with Gasteiger partial charge in [0.25, 0.3) is 0 Å². The van der Waals surface area contributed by atoms with Crippen LogP contribution in [0.3, 0.4) is 0 Å². The van der Waals surface area contributed by atoms with E-state index in [1.165, 1.54) is 55.3 Å². The molecule has 0 aliphatic heterocycles. The molecule has 7 rings (SSSR count). The third-order valence-electron chi connectivity index (χ3n) is 10.5. The highest BCUT2D eigenvalue weighted by atomic mass is 16.5. The summed E-state index contributed by atoms with van der Waals surface area (Å²) >= 11 is 0. The maximum absolute atomic E-state index is 6.39. The van der Waals surface area contributed by atoms with E-state index in [0.717, 1.165) is 29.7 Å². The lowest BCUT2D eigenvalue weighted by Gasteiger charge is -2.57. The summed E-state index contributed by atoms with van der Waals surface area (Å²) in [6.07, 6.45) is 19.9. The van der Waals surface area contributed by atoms with Gasteiger partial charge >= 0.3 is 0 Å². The van der Waals surface area contributed by atoms with Crippen molar-refractivity contribution in [1.29, 1.82) is 0 Å². The molecule has 3 aromatic rings. The number of benzene rings is 1. The number of imidazole rings is 1. The van der Waals surface area contributed by atoms with Crippen LogP contribution in [0.1, 0.15) is 64.4 Å². The van der Waals surface area contributed by atoms with Gasteiger partial charge in [-0.25, -0.2) is 4.98 Å². The van der Waals surface area contributed by atoms with Gasteiger partial charge < -0.3 is 9.30 Å². The topological polar surface area (TPSA) is 39.9 Å². The lowest BCUT2D eigenvalue weighted by Crippen LogP contribution is -2.50. The molecule has 36 heavy (non-hydrogen) atoms. The molecule has 4 heteroatoms. The Morgan fingerprint density at radius 2 is 1.78 bits per heavy atom. The minimum absolute atomic E-state index is 0.233. The second-order valence-electron chi connectivity index (χ2n) is 12.2. The fourth-order valence-corrected chi connectivity index (χ4v) is 8.53. The summed E-state index contributed by atoms with van der Waals surface area (Å²) in [5, 5.41) is 0. The zero-order valence-corrected chi connectivity index (χ0v) is 21.6. The Morgan fingerprint density at radius 3 is 2.67 bits per heavy atom. The molecule has 2 heterocycles. The van der Waals surface area contributed by atoms with Gasteiger partial charge in [-0.1, -0.05) is 43.7 Å². The Kier molecular flexibility index (Phi) is 5.25. The number of hydrogen-bond acceptors (Lipinski definition) is 3. The monoisotopic (exact) mass is 479 g/mol. The van der Waals surface area contributed by atoms with Crippen LogP contribution in [-0.4, -0.2) is 20.6 Å². The predicted octanol–water partition coefficient (Wildman–Crippen LogP) is 7.43. The molecule has 4 aliphatic rings. The first-order valence-electron chi connectivity index (χ1n) is 13.9. The van der Waals surface area contributed by atoms with Crippen LogP contribution in [0, 0.1) is 28.6 Å². The number of hydrogen-bond donors (Lipinski definition) is 0. The van der Waals surface area contributed by atoms with Gasteiger partial charge in [-0.2, -0.15) is 0 Å². The van der Waals surface area contributed by atoms with E-state index in [2.05, 4.69) is 78.3 Å². The van der Waals surface area contributed by atoms with E-state index in [-0.39, 0.29) is 5.41 Å². The summed E-state index contributed by atoms with van der Waals surface area (Å²) in [6, 6.07) is 12.7. The third-order valence-corrected chi connectivity index (χ3v) is 10.5. The van der Waals surface area contributed by atoms with Crippen LogP contribution in [0.15, 0.2) is 72.8 Å². The molecule has 2 saturated carbocycles. The molecule has 6 atom stereocenters. The van der Waals surface area contributed by atoms with Crippen molar-refractivity contribution < 1.29 is 4.74 Å². The molecular weight excluding hydrogens is 442 g/mol. The van der Waals surface area contributed by atoms with E-state index in [0.29, 0.717) is 18.1 Å². The minimum atomic E-state index is 0.233. The smallest absolute Gasteiger partial charge is 0.100 e. The largest absolute Gasteiger partial charge is 0.373 e. The molecule has 0 radical (unpaired) electrons. The maximum Gasteiger partial charge on any atom is 0.100 e. The highest BCUT2D eigenvalue weighted by Crippen LogP contribution is 2.65. The first kappa shape index (κ1) is 22.5. The number of para-hydroxylation sites is 2. The fourth-order valence-electron chi connectivity index (χ4n) is 8.53. The zero-order chi connectivity index (χ0) is 24.3. The van der Waals surface area contributed by atoms with Gasteiger partial charge in [-0.3, -0.25) is 4.98 Å². The van der Waals surface area contributed by atoms with Gasteiger partial charge in [-0.15, -0.1) is 0 Å². The predicted molar refractivity (Wildman–Crippen MR) is 144 cm³/mol. The molecule has 4 nitrogen and oxygen atoms in total. The lowest BCUT2D eigenvalue weighted by molar-refractivity contribution is -0.0428. The molecule has 1 aromatic carbocycles. The van der Waals surface area contributed by atoms with E-state index < -0.39 is 0 Å². The standard InChI is InChI=1S/C32H37N3O/c1-31-15-11-24(36-20-22-13-17-33-18-14-22)19-23(31)7-8-25-26-9-10-30(32(26,2)16-12-27(25)31)35-21-34-28-5-3-4-6-29(28)35/h3-7,10,13-14,17-18,21,24-27H,8-9,11-12,15-16,19-20H2,1-2H3. The van der Waals surface area contributed by atoms with E-state index in [1.54, 1.807) is 5.57 Å². The molecule has 0 spiro atoms. The van der Waals surface area contributed by atoms with Gasteiger partial charge in [0.15, 0.2) is 0 Å². The van der Waals surface area contributed by atoms with Crippen molar-refractivity contribution in [3.8, 4) is 0 Å². The van der Waals surface area contributed by atoms with Crippen molar-refractivity contribution in [2.24, 2.45) is 28.6 Å². The fraction of sp³-hybridized carbons (Fsp3) is 0.500. The molecule has 2 aromatic heterocycles. The highest BCUT2D eigenvalue weighted by Gasteiger charge is 2.57. The van der Waals surface area contributed by atoms with Gasteiger partial charge in [0.2, 0.25) is 0 Å². The van der Waals surface area contributed by atoms with E-state index >= 15 is 0 Å². The summed E-state index contributed by atoms with van der Waals surface area (Å²) in [6.45, 7) is 5.83. The number of aromatic nitrogens is 3. The molecule has 2 fully saturated rings. The summed E-state index contributed by atoms with van der Waals surface area (Å²) < 4.78 is 8.78. The van der Waals surface area contributed by atoms with E-state index in [4.69, 9.17) is 9.72 Å². The van der Waals surface area contributed by atoms with Gasteiger partial charge in [0.1, 0.15) is 6.33 Å². The Hall–Kier alpha value is -2.72. The second kappa shape index (κ2) is 8.41. The quantitative estimate of drug-likeness (QED) is 0.365. The van der Waals surface area contributed by atoms with E-state index in [1.807, 2.05) is 12.4 Å². The molecule has 0 bridgehead atoms.